The van der Waals surface area contributed by atoms with E-state index in [-0.39, 0.29) is 0 Å². The number of rotatable bonds is 9. The van der Waals surface area contributed by atoms with Gasteiger partial charge in [-0.25, -0.2) is 4.99 Å². The van der Waals surface area contributed by atoms with Crippen LogP contribution in [0.25, 0.3) is 0 Å². The molecule has 2 aromatic carbocycles. The lowest BCUT2D eigenvalue weighted by molar-refractivity contribution is 0.221. The van der Waals surface area contributed by atoms with Crippen LogP contribution in [-0.4, -0.2) is 37.1 Å². The van der Waals surface area contributed by atoms with Crippen molar-refractivity contribution in [3.05, 3.63) is 60.2 Å². The summed E-state index contributed by atoms with van der Waals surface area (Å²) in [4.78, 5) is 6.75. The van der Waals surface area contributed by atoms with Gasteiger partial charge in [0.1, 0.15) is 12.4 Å². The molecule has 0 aliphatic heterocycles. The van der Waals surface area contributed by atoms with E-state index < -0.39 is 0 Å². The topological polar surface area (TPSA) is 62.9 Å². The first-order valence-corrected chi connectivity index (χ1v) is 8.78. The second-order valence-corrected chi connectivity index (χ2v) is 5.68. The molecule has 0 amide bonds. The van der Waals surface area contributed by atoms with Crippen LogP contribution in [0.1, 0.15) is 19.4 Å². The van der Waals surface area contributed by atoms with Crippen molar-refractivity contribution in [1.29, 1.82) is 0 Å². The number of likely N-dealkylation sites (N-methyl/N-ethyl adjacent to an activating group) is 1. The van der Waals surface area contributed by atoms with Crippen molar-refractivity contribution >= 4 is 11.6 Å². The Balaban J connectivity index is 1.92. The standard InChI is InChI=1S/C20H28N4O/c1-3-24(4-2)14-15-25-19-13-9-8-10-17(19)16-22-20(21)23-18-11-6-5-7-12-18/h5-13H,3-4,14-16H2,1-2H3,(H3,21,22,23). The molecule has 0 bridgehead atoms. The summed E-state index contributed by atoms with van der Waals surface area (Å²) in [5.74, 6) is 1.26. The molecule has 134 valence electrons. The molecule has 0 aromatic heterocycles. The van der Waals surface area contributed by atoms with Gasteiger partial charge in [-0.1, -0.05) is 50.2 Å². The fourth-order valence-electron chi connectivity index (χ4n) is 2.48. The van der Waals surface area contributed by atoms with E-state index in [1.165, 1.54) is 0 Å². The highest BCUT2D eigenvalue weighted by atomic mass is 16.5. The molecule has 0 aliphatic rings. The van der Waals surface area contributed by atoms with Crippen LogP contribution >= 0.6 is 0 Å². The lowest BCUT2D eigenvalue weighted by Crippen LogP contribution is -2.28. The Morgan fingerprint density at radius 3 is 2.44 bits per heavy atom. The minimum Gasteiger partial charge on any atom is -0.492 e. The molecule has 0 heterocycles. The zero-order chi connectivity index (χ0) is 17.9. The molecule has 0 radical (unpaired) electrons. The van der Waals surface area contributed by atoms with Gasteiger partial charge in [0.05, 0.1) is 6.54 Å². The number of anilines is 1. The van der Waals surface area contributed by atoms with Crippen molar-refractivity contribution in [3.63, 3.8) is 0 Å². The van der Waals surface area contributed by atoms with Crippen molar-refractivity contribution in [2.75, 3.05) is 31.6 Å². The van der Waals surface area contributed by atoms with Gasteiger partial charge in [-0.2, -0.15) is 0 Å². The SMILES string of the molecule is CCN(CC)CCOc1ccccc1CN=C(N)Nc1ccccc1. The molecule has 0 unspecified atom stereocenters. The molecule has 0 atom stereocenters. The number of hydrogen-bond donors (Lipinski definition) is 2. The zero-order valence-electron chi connectivity index (χ0n) is 15.1. The minimum atomic E-state index is 0.393. The van der Waals surface area contributed by atoms with Gasteiger partial charge in [0.25, 0.3) is 0 Å². The molecule has 0 aliphatic carbocycles. The van der Waals surface area contributed by atoms with E-state index in [0.29, 0.717) is 19.1 Å². The molecular formula is C20H28N4O. The van der Waals surface area contributed by atoms with Crippen molar-refractivity contribution in [2.45, 2.75) is 20.4 Å². The first-order valence-electron chi connectivity index (χ1n) is 8.78. The van der Waals surface area contributed by atoms with Gasteiger partial charge in [-0.3, -0.25) is 0 Å². The number of nitrogens with zero attached hydrogens (tertiary/aromatic N) is 2. The van der Waals surface area contributed by atoms with E-state index in [2.05, 4.69) is 29.1 Å². The summed E-state index contributed by atoms with van der Waals surface area (Å²) in [7, 11) is 0. The average Bonchev–Trinajstić information content (AvgIpc) is 2.65. The Morgan fingerprint density at radius 2 is 1.72 bits per heavy atom. The summed E-state index contributed by atoms with van der Waals surface area (Å²) < 4.78 is 5.95. The molecule has 5 heteroatoms. The van der Waals surface area contributed by atoms with Gasteiger partial charge in [0.15, 0.2) is 5.96 Å². The van der Waals surface area contributed by atoms with Gasteiger partial charge in [0, 0.05) is 17.8 Å². The number of hydrogen-bond acceptors (Lipinski definition) is 3. The van der Waals surface area contributed by atoms with Crippen molar-refractivity contribution in [1.82, 2.24) is 4.90 Å². The van der Waals surface area contributed by atoms with Crippen LogP contribution in [0.15, 0.2) is 59.6 Å². The number of para-hydroxylation sites is 2. The third-order valence-electron chi connectivity index (χ3n) is 4.00. The lowest BCUT2D eigenvalue weighted by atomic mass is 10.2. The van der Waals surface area contributed by atoms with E-state index in [1.54, 1.807) is 0 Å². The number of nitrogens with one attached hydrogen (secondary N) is 1. The van der Waals surface area contributed by atoms with Gasteiger partial charge < -0.3 is 20.7 Å². The molecule has 0 spiro atoms. The highest BCUT2D eigenvalue weighted by molar-refractivity contribution is 5.92. The second-order valence-electron chi connectivity index (χ2n) is 5.68. The molecule has 0 saturated heterocycles. The van der Waals surface area contributed by atoms with E-state index in [4.69, 9.17) is 10.5 Å². The molecule has 3 N–H and O–H groups in total. The van der Waals surface area contributed by atoms with Crippen LogP contribution in [0.2, 0.25) is 0 Å². The van der Waals surface area contributed by atoms with Gasteiger partial charge in [-0.15, -0.1) is 0 Å². The molecule has 0 fully saturated rings. The fourth-order valence-corrected chi connectivity index (χ4v) is 2.48. The van der Waals surface area contributed by atoms with Crippen LogP contribution in [0.4, 0.5) is 5.69 Å². The molecule has 5 nitrogen and oxygen atoms in total. The monoisotopic (exact) mass is 340 g/mol. The highest BCUT2D eigenvalue weighted by Gasteiger charge is 2.04. The number of benzene rings is 2. The highest BCUT2D eigenvalue weighted by Crippen LogP contribution is 2.19. The van der Waals surface area contributed by atoms with Gasteiger partial charge >= 0.3 is 0 Å². The molecule has 0 saturated carbocycles. The predicted molar refractivity (Wildman–Crippen MR) is 105 cm³/mol. The maximum atomic E-state index is 5.97. The van der Waals surface area contributed by atoms with Gasteiger partial charge in [-0.05, 0) is 31.3 Å². The Labute approximate surface area is 150 Å². The summed E-state index contributed by atoms with van der Waals surface area (Å²) >= 11 is 0. The first kappa shape index (κ1) is 18.8. The Hall–Kier alpha value is -2.53. The summed E-state index contributed by atoms with van der Waals surface area (Å²) in [6, 6.07) is 17.7. The van der Waals surface area contributed by atoms with Crippen LogP contribution < -0.4 is 15.8 Å². The molecule has 25 heavy (non-hydrogen) atoms. The number of nitrogens with two attached hydrogens (primary N) is 1. The van der Waals surface area contributed by atoms with Crippen molar-refractivity contribution in [3.8, 4) is 5.75 Å². The number of aliphatic imine (C=N–C) groups is 1. The van der Waals surface area contributed by atoms with Crippen LogP contribution in [0.5, 0.6) is 5.75 Å². The lowest BCUT2D eigenvalue weighted by Gasteiger charge is -2.18. The molecule has 2 rings (SSSR count). The summed E-state index contributed by atoms with van der Waals surface area (Å²) in [5, 5.41) is 3.09. The third kappa shape index (κ3) is 6.47. The number of guanidine groups is 1. The summed E-state index contributed by atoms with van der Waals surface area (Å²) in [6.07, 6.45) is 0. The summed E-state index contributed by atoms with van der Waals surface area (Å²) in [6.45, 7) is 8.46. The smallest absolute Gasteiger partial charge is 0.193 e. The minimum absolute atomic E-state index is 0.393. The van der Waals surface area contributed by atoms with E-state index >= 15 is 0 Å². The van der Waals surface area contributed by atoms with E-state index in [0.717, 1.165) is 36.6 Å². The van der Waals surface area contributed by atoms with E-state index in [9.17, 15) is 0 Å². The molecular weight excluding hydrogens is 312 g/mol. The Morgan fingerprint density at radius 1 is 1.04 bits per heavy atom. The van der Waals surface area contributed by atoms with Crippen molar-refractivity contribution < 1.29 is 4.74 Å². The van der Waals surface area contributed by atoms with Crippen molar-refractivity contribution in [2.24, 2.45) is 10.7 Å². The Bertz CT molecular complexity index is 654. The first-order chi connectivity index (χ1) is 12.2. The van der Waals surface area contributed by atoms with E-state index in [1.807, 2.05) is 54.6 Å². The Kier molecular flexibility index (Phi) is 7.79. The van der Waals surface area contributed by atoms with Gasteiger partial charge in [0.2, 0.25) is 0 Å². The maximum Gasteiger partial charge on any atom is 0.193 e. The summed E-state index contributed by atoms with van der Waals surface area (Å²) in [5.41, 5.74) is 7.92. The maximum absolute atomic E-state index is 5.97. The zero-order valence-corrected chi connectivity index (χ0v) is 15.1. The predicted octanol–water partition coefficient (Wildman–Crippen LogP) is 3.33. The van der Waals surface area contributed by atoms with Crippen LogP contribution in [0, 0.1) is 0 Å². The van der Waals surface area contributed by atoms with Crippen LogP contribution in [-0.2, 0) is 6.54 Å². The quantitative estimate of drug-likeness (QED) is 0.543. The van der Waals surface area contributed by atoms with Crippen LogP contribution in [0.3, 0.4) is 0 Å². The second kappa shape index (κ2) is 10.4. The largest absolute Gasteiger partial charge is 0.492 e. The third-order valence-corrected chi connectivity index (χ3v) is 4.00. The fraction of sp³-hybridized carbons (Fsp3) is 0.350. The molecule has 2 aromatic rings. The average molecular weight is 340 g/mol. The normalized spacial score (nSPS) is 11.6. The number of ether oxygens (including phenoxy) is 1.